The van der Waals surface area contributed by atoms with Gasteiger partial charge in [-0.1, -0.05) is 24.1 Å². The zero-order chi connectivity index (χ0) is 26.7. The number of methoxy groups -OCH3 is 1. The molecule has 0 saturated carbocycles. The molecule has 5 nitrogen and oxygen atoms in total. The van der Waals surface area contributed by atoms with Gasteiger partial charge in [-0.3, -0.25) is 0 Å². The second-order valence-corrected chi connectivity index (χ2v) is 9.52. The summed E-state index contributed by atoms with van der Waals surface area (Å²) < 4.78 is 14.9. The third-order valence-corrected chi connectivity index (χ3v) is 7.51. The fraction of sp³-hybridized carbons (Fsp3) is 0.290. The van der Waals surface area contributed by atoms with Crippen molar-refractivity contribution in [2.24, 2.45) is 0 Å². The maximum Gasteiger partial charge on any atom is 0.338 e. The fourth-order valence-electron chi connectivity index (χ4n) is 4.96. The summed E-state index contributed by atoms with van der Waals surface area (Å²) in [6.45, 7) is 11.9. The normalized spacial score (nSPS) is 10.9. The summed E-state index contributed by atoms with van der Waals surface area (Å²) in [6, 6.07) is 15.7. The second kappa shape index (κ2) is 11.2. The molecule has 0 N–H and O–H groups in total. The number of carbonyl (C=O) groups is 1. The Morgan fingerprint density at radius 1 is 1.05 bits per heavy atom. The molecule has 4 rings (SSSR count). The third-order valence-electron chi connectivity index (χ3n) is 6.87. The maximum absolute atomic E-state index is 12.8. The van der Waals surface area contributed by atoms with Gasteiger partial charge in [-0.2, -0.15) is 0 Å². The van der Waals surface area contributed by atoms with E-state index < -0.39 is 5.97 Å². The van der Waals surface area contributed by atoms with Gasteiger partial charge in [0, 0.05) is 40.1 Å². The molecule has 1 aliphatic heterocycles. The quantitative estimate of drug-likeness (QED) is 0.114. The minimum atomic E-state index is -0.395. The SMILES string of the molecule is C#Cc1cc2c(-c3ccccc3C(=O)OC)c3cc(Br)c(N(CC)CC)cc3oc-2cc1=[N+](CC)CC. The Labute approximate surface area is 226 Å². The van der Waals surface area contributed by atoms with Crippen LogP contribution in [0.2, 0.25) is 0 Å². The van der Waals surface area contributed by atoms with Crippen LogP contribution in [0.4, 0.5) is 5.69 Å². The molecule has 0 aromatic heterocycles. The van der Waals surface area contributed by atoms with E-state index in [1.165, 1.54) is 7.11 Å². The Kier molecular flexibility index (Phi) is 8.04. The van der Waals surface area contributed by atoms with E-state index in [0.717, 1.165) is 74.9 Å². The van der Waals surface area contributed by atoms with E-state index in [1.807, 2.05) is 30.3 Å². The van der Waals surface area contributed by atoms with Crippen LogP contribution in [-0.4, -0.2) is 39.3 Å². The first-order chi connectivity index (χ1) is 17.9. The van der Waals surface area contributed by atoms with E-state index in [1.54, 1.807) is 6.07 Å². The number of hydrogen-bond acceptors (Lipinski definition) is 4. The molecule has 0 bridgehead atoms. The van der Waals surface area contributed by atoms with E-state index in [9.17, 15) is 4.79 Å². The molecule has 0 amide bonds. The van der Waals surface area contributed by atoms with Crippen molar-refractivity contribution in [3.8, 4) is 34.8 Å². The van der Waals surface area contributed by atoms with Gasteiger partial charge < -0.3 is 14.1 Å². The van der Waals surface area contributed by atoms with Crippen molar-refractivity contribution in [2.75, 3.05) is 38.2 Å². The van der Waals surface area contributed by atoms with Crippen molar-refractivity contribution in [1.29, 1.82) is 0 Å². The number of benzene rings is 3. The Morgan fingerprint density at radius 3 is 2.38 bits per heavy atom. The first-order valence-corrected chi connectivity index (χ1v) is 13.4. The average molecular weight is 561 g/mol. The number of rotatable bonds is 7. The van der Waals surface area contributed by atoms with Gasteiger partial charge in [-0.25, -0.2) is 9.37 Å². The molecule has 0 saturated heterocycles. The number of anilines is 1. The highest BCUT2D eigenvalue weighted by atomic mass is 79.9. The molecular weight excluding hydrogens is 528 g/mol. The Morgan fingerprint density at radius 2 is 1.76 bits per heavy atom. The number of nitrogens with zero attached hydrogens (tertiary/aromatic N) is 2. The maximum atomic E-state index is 12.8. The van der Waals surface area contributed by atoms with Gasteiger partial charge in [0.15, 0.2) is 0 Å². The van der Waals surface area contributed by atoms with Crippen LogP contribution in [-0.2, 0) is 4.74 Å². The topological polar surface area (TPSA) is 45.7 Å². The van der Waals surface area contributed by atoms with Crippen LogP contribution < -0.4 is 14.8 Å². The summed E-state index contributed by atoms with van der Waals surface area (Å²) >= 11 is 3.80. The van der Waals surface area contributed by atoms with Crippen molar-refractivity contribution in [3.63, 3.8) is 0 Å². The first-order valence-electron chi connectivity index (χ1n) is 12.6. The van der Waals surface area contributed by atoms with Crippen molar-refractivity contribution in [3.05, 3.63) is 69.5 Å². The van der Waals surface area contributed by atoms with Gasteiger partial charge in [0.1, 0.15) is 24.4 Å². The molecule has 6 heteroatoms. The zero-order valence-electron chi connectivity index (χ0n) is 22.0. The van der Waals surface area contributed by atoms with Crippen molar-refractivity contribution in [2.45, 2.75) is 27.7 Å². The number of hydrogen-bond donors (Lipinski definition) is 0. The van der Waals surface area contributed by atoms with Crippen molar-refractivity contribution < 1.29 is 13.9 Å². The predicted octanol–water partition coefficient (Wildman–Crippen LogP) is 6.39. The molecule has 2 aliphatic rings. The Hall–Kier alpha value is -3.56. The average Bonchev–Trinajstić information content (AvgIpc) is 2.92. The summed E-state index contributed by atoms with van der Waals surface area (Å²) in [5.41, 5.74) is 5.53. The largest absolute Gasteiger partial charge is 0.465 e. The highest BCUT2D eigenvalue weighted by molar-refractivity contribution is 9.10. The number of terminal acetylenes is 1. The molecule has 0 radical (unpaired) electrons. The molecular formula is C31H32BrN2O3+. The predicted molar refractivity (Wildman–Crippen MR) is 155 cm³/mol. The summed E-state index contributed by atoms with van der Waals surface area (Å²) in [6.07, 6.45) is 6.00. The van der Waals surface area contributed by atoms with Gasteiger partial charge in [-0.05, 0) is 67.4 Å². The van der Waals surface area contributed by atoms with Crippen LogP contribution in [0.5, 0.6) is 0 Å². The minimum Gasteiger partial charge on any atom is -0.465 e. The smallest absolute Gasteiger partial charge is 0.338 e. The lowest BCUT2D eigenvalue weighted by atomic mass is 9.89. The molecule has 0 atom stereocenters. The summed E-state index contributed by atoms with van der Waals surface area (Å²) in [5, 5.41) is 1.83. The van der Waals surface area contributed by atoms with E-state index in [4.69, 9.17) is 15.6 Å². The van der Waals surface area contributed by atoms with Crippen LogP contribution in [0.1, 0.15) is 43.6 Å². The van der Waals surface area contributed by atoms with Gasteiger partial charge in [-0.15, -0.1) is 6.42 Å². The molecule has 2 aromatic carbocycles. The number of esters is 1. The molecule has 2 aromatic rings. The van der Waals surface area contributed by atoms with Gasteiger partial charge in [0.2, 0.25) is 5.36 Å². The van der Waals surface area contributed by atoms with Crippen molar-refractivity contribution >= 4 is 38.6 Å². The number of ether oxygens (including phenoxy) is 1. The third kappa shape index (κ3) is 4.76. The summed E-state index contributed by atoms with van der Waals surface area (Å²) in [5.74, 6) is 3.18. The summed E-state index contributed by atoms with van der Waals surface area (Å²) in [4.78, 5) is 15.1. The summed E-state index contributed by atoms with van der Waals surface area (Å²) in [7, 11) is 1.40. The monoisotopic (exact) mass is 559 g/mol. The second-order valence-electron chi connectivity index (χ2n) is 8.67. The standard InChI is InChI=1S/C31H32BrN2O3/c1-7-20-16-23-28(18-26(20)33(8-2)9-3)37-29-19-27(34(10-4)11-5)25(32)17-24(29)30(23)21-14-12-13-15-22(21)31(35)36-6/h1,12-19H,8-11H2,2-6H3/q+1. The highest BCUT2D eigenvalue weighted by Crippen LogP contribution is 2.44. The fourth-order valence-corrected chi connectivity index (χ4v) is 5.56. The first kappa shape index (κ1) is 26.5. The number of fused-ring (bicyclic) bond motifs is 2. The van der Waals surface area contributed by atoms with E-state index in [0.29, 0.717) is 11.3 Å². The Bertz CT molecular complexity index is 1550. The number of carbonyl (C=O) groups excluding carboxylic acids is 1. The molecule has 1 heterocycles. The molecule has 0 unspecified atom stereocenters. The number of halogens is 1. The van der Waals surface area contributed by atoms with Gasteiger partial charge in [0.05, 0.1) is 30.0 Å². The molecule has 37 heavy (non-hydrogen) atoms. The van der Waals surface area contributed by atoms with Crippen LogP contribution in [0, 0.1) is 12.3 Å². The van der Waals surface area contributed by atoms with Gasteiger partial charge in [0.25, 0.3) is 0 Å². The molecule has 1 aliphatic carbocycles. The van der Waals surface area contributed by atoms with Crippen molar-refractivity contribution in [1.82, 2.24) is 4.58 Å². The molecule has 190 valence electrons. The Balaban J connectivity index is 2.24. The lowest BCUT2D eigenvalue weighted by Crippen LogP contribution is -2.32. The van der Waals surface area contributed by atoms with E-state index in [2.05, 4.69) is 71.2 Å². The van der Waals surface area contributed by atoms with Crippen LogP contribution in [0.15, 0.2) is 57.4 Å². The highest BCUT2D eigenvalue weighted by Gasteiger charge is 2.25. The zero-order valence-corrected chi connectivity index (χ0v) is 23.6. The van der Waals surface area contributed by atoms with Crippen LogP contribution in [0.25, 0.3) is 33.4 Å². The molecule has 0 fully saturated rings. The molecule has 0 spiro atoms. The van der Waals surface area contributed by atoms with Crippen LogP contribution >= 0.6 is 15.9 Å². The lowest BCUT2D eigenvalue weighted by Gasteiger charge is -2.24. The van der Waals surface area contributed by atoms with Crippen LogP contribution in [0.3, 0.4) is 0 Å². The van der Waals surface area contributed by atoms with E-state index in [-0.39, 0.29) is 0 Å². The minimum absolute atomic E-state index is 0.395. The lowest BCUT2D eigenvalue weighted by molar-refractivity contribution is 0.0601. The van der Waals surface area contributed by atoms with Gasteiger partial charge >= 0.3 is 5.97 Å². The van der Waals surface area contributed by atoms with E-state index >= 15 is 0 Å².